The Balaban J connectivity index is 1.43. The third-order valence-corrected chi connectivity index (χ3v) is 5.91. The maximum absolute atomic E-state index is 12.3. The number of imidazole rings is 1. The summed E-state index contributed by atoms with van der Waals surface area (Å²) in [4.78, 5) is 17.0. The molecule has 0 bridgehead atoms. The van der Waals surface area contributed by atoms with Gasteiger partial charge in [-0.1, -0.05) is 82.3 Å². The summed E-state index contributed by atoms with van der Waals surface area (Å²) in [6.07, 6.45) is 1.62. The van der Waals surface area contributed by atoms with Crippen LogP contribution in [0.4, 0.5) is 0 Å². The molecule has 4 rings (SSSR count). The predicted molar refractivity (Wildman–Crippen MR) is 126 cm³/mol. The normalized spacial score (nSPS) is 11.2. The zero-order valence-electron chi connectivity index (χ0n) is 16.0. The molecule has 4 aromatic rings. The van der Waals surface area contributed by atoms with Crippen LogP contribution in [-0.4, -0.2) is 27.4 Å². The second kappa shape index (κ2) is 9.73. The molecule has 1 amide bonds. The fourth-order valence-electron chi connectivity index (χ4n) is 2.97. The number of fused-ring (bicyclic) bond motifs is 1. The Labute approximate surface area is 187 Å². The maximum Gasteiger partial charge on any atom is 0.250 e. The number of carbonyl (C=O) groups is 1. The van der Waals surface area contributed by atoms with Crippen LogP contribution in [0, 0.1) is 0 Å². The molecule has 0 aliphatic rings. The molecular weight excluding hydrogens is 460 g/mol. The number of hydrazone groups is 1. The summed E-state index contributed by atoms with van der Waals surface area (Å²) in [5, 5.41) is 4.85. The Hall–Kier alpha value is -2.90. The number of aromatic nitrogens is 2. The van der Waals surface area contributed by atoms with Crippen molar-refractivity contribution < 1.29 is 4.79 Å². The van der Waals surface area contributed by atoms with Gasteiger partial charge in [0.2, 0.25) is 0 Å². The Morgan fingerprint density at radius 1 is 1.03 bits per heavy atom. The molecule has 7 heteroatoms. The highest BCUT2D eigenvalue weighted by atomic mass is 79.9. The minimum Gasteiger partial charge on any atom is -0.314 e. The van der Waals surface area contributed by atoms with Crippen molar-refractivity contribution in [2.24, 2.45) is 5.10 Å². The van der Waals surface area contributed by atoms with E-state index in [0.29, 0.717) is 6.54 Å². The first kappa shape index (κ1) is 20.4. The topological polar surface area (TPSA) is 59.3 Å². The summed E-state index contributed by atoms with van der Waals surface area (Å²) in [5.41, 5.74) is 6.65. The van der Waals surface area contributed by atoms with E-state index in [0.717, 1.165) is 26.2 Å². The average Bonchev–Trinajstić information content (AvgIpc) is 3.12. The molecule has 0 spiro atoms. The van der Waals surface area contributed by atoms with Gasteiger partial charge in [0.05, 0.1) is 29.5 Å². The number of rotatable bonds is 7. The van der Waals surface area contributed by atoms with E-state index in [1.807, 2.05) is 60.7 Å². The number of amides is 1. The van der Waals surface area contributed by atoms with Gasteiger partial charge in [0.1, 0.15) is 0 Å². The SMILES string of the molecule is O=C(CSc1nc2ccccc2n1Cc1ccccc1)N/N=C\c1ccc(Br)cc1. The van der Waals surface area contributed by atoms with E-state index in [2.05, 4.69) is 49.2 Å². The number of halogens is 1. The number of para-hydroxylation sites is 2. The molecule has 0 saturated carbocycles. The van der Waals surface area contributed by atoms with E-state index in [1.165, 1.54) is 17.3 Å². The number of thioether (sulfide) groups is 1. The highest BCUT2D eigenvalue weighted by Gasteiger charge is 2.13. The molecule has 0 saturated heterocycles. The molecule has 0 aliphatic heterocycles. The first-order valence-electron chi connectivity index (χ1n) is 9.38. The van der Waals surface area contributed by atoms with Crippen molar-refractivity contribution in [3.05, 3.63) is 94.5 Å². The van der Waals surface area contributed by atoms with Gasteiger partial charge in [0.15, 0.2) is 5.16 Å². The van der Waals surface area contributed by atoms with Crippen LogP contribution in [0.5, 0.6) is 0 Å². The van der Waals surface area contributed by atoms with E-state index in [1.54, 1.807) is 6.21 Å². The molecule has 1 heterocycles. The Morgan fingerprint density at radius 2 is 1.77 bits per heavy atom. The quantitative estimate of drug-likeness (QED) is 0.228. The minimum absolute atomic E-state index is 0.174. The maximum atomic E-state index is 12.3. The zero-order valence-corrected chi connectivity index (χ0v) is 18.4. The predicted octanol–water partition coefficient (Wildman–Crippen LogP) is 5.09. The lowest BCUT2D eigenvalue weighted by Gasteiger charge is -2.09. The van der Waals surface area contributed by atoms with Crippen LogP contribution in [0.3, 0.4) is 0 Å². The van der Waals surface area contributed by atoms with Gasteiger partial charge in [-0.05, 0) is 35.4 Å². The Bertz CT molecular complexity index is 1170. The van der Waals surface area contributed by atoms with Gasteiger partial charge in [-0.3, -0.25) is 4.79 Å². The van der Waals surface area contributed by atoms with Crippen LogP contribution in [0.1, 0.15) is 11.1 Å². The van der Waals surface area contributed by atoms with Crippen LogP contribution in [0.25, 0.3) is 11.0 Å². The Kier molecular flexibility index (Phi) is 6.61. The fraction of sp³-hybridized carbons (Fsp3) is 0.0870. The summed E-state index contributed by atoms with van der Waals surface area (Å²) >= 11 is 4.80. The molecule has 0 aliphatic carbocycles. The standard InChI is InChI=1S/C23H19BrN4OS/c24-19-12-10-17(11-13-19)14-25-27-22(29)16-30-23-26-20-8-4-5-9-21(20)28(23)15-18-6-2-1-3-7-18/h1-14H,15-16H2,(H,27,29)/b25-14-. The Morgan fingerprint density at radius 3 is 2.57 bits per heavy atom. The average molecular weight is 479 g/mol. The summed E-state index contributed by atoms with van der Waals surface area (Å²) in [6, 6.07) is 25.9. The highest BCUT2D eigenvalue weighted by molar-refractivity contribution is 9.10. The van der Waals surface area contributed by atoms with Crippen molar-refractivity contribution >= 4 is 50.8 Å². The number of carbonyl (C=O) groups excluding carboxylic acids is 1. The van der Waals surface area contributed by atoms with Crippen LogP contribution >= 0.6 is 27.7 Å². The number of nitrogens with one attached hydrogen (secondary N) is 1. The number of hydrogen-bond acceptors (Lipinski definition) is 4. The molecule has 0 fully saturated rings. The smallest absolute Gasteiger partial charge is 0.250 e. The lowest BCUT2D eigenvalue weighted by molar-refractivity contribution is -0.118. The van der Waals surface area contributed by atoms with Crippen molar-refractivity contribution in [2.75, 3.05) is 5.75 Å². The molecule has 0 atom stereocenters. The zero-order chi connectivity index (χ0) is 20.8. The lowest BCUT2D eigenvalue weighted by atomic mass is 10.2. The van der Waals surface area contributed by atoms with Gasteiger partial charge in [0, 0.05) is 4.47 Å². The van der Waals surface area contributed by atoms with Crippen LogP contribution in [0.15, 0.2) is 93.6 Å². The fourth-order valence-corrected chi connectivity index (χ4v) is 4.04. The largest absolute Gasteiger partial charge is 0.314 e. The molecule has 150 valence electrons. The molecule has 0 unspecified atom stereocenters. The molecule has 3 aromatic carbocycles. The monoisotopic (exact) mass is 478 g/mol. The number of benzene rings is 3. The first-order valence-corrected chi connectivity index (χ1v) is 11.2. The number of nitrogens with zero attached hydrogens (tertiary/aromatic N) is 3. The van der Waals surface area contributed by atoms with E-state index >= 15 is 0 Å². The first-order chi connectivity index (χ1) is 14.7. The second-order valence-corrected chi connectivity index (χ2v) is 8.45. The van der Waals surface area contributed by atoms with Gasteiger partial charge in [-0.2, -0.15) is 5.10 Å². The molecular formula is C23H19BrN4OS. The van der Waals surface area contributed by atoms with Crippen LogP contribution in [0.2, 0.25) is 0 Å². The van der Waals surface area contributed by atoms with E-state index in [9.17, 15) is 4.79 Å². The molecule has 0 radical (unpaired) electrons. The summed E-state index contributed by atoms with van der Waals surface area (Å²) in [6.45, 7) is 0.701. The van der Waals surface area contributed by atoms with Crippen molar-refractivity contribution in [1.82, 2.24) is 15.0 Å². The summed E-state index contributed by atoms with van der Waals surface area (Å²) in [5.74, 6) is 0.0576. The summed E-state index contributed by atoms with van der Waals surface area (Å²) in [7, 11) is 0. The van der Waals surface area contributed by atoms with Crippen LogP contribution in [-0.2, 0) is 11.3 Å². The van der Waals surface area contributed by atoms with E-state index in [-0.39, 0.29) is 11.7 Å². The van der Waals surface area contributed by atoms with Crippen molar-refractivity contribution in [2.45, 2.75) is 11.7 Å². The molecule has 1 N–H and O–H groups in total. The van der Waals surface area contributed by atoms with E-state index in [4.69, 9.17) is 4.98 Å². The van der Waals surface area contributed by atoms with Crippen molar-refractivity contribution in [3.8, 4) is 0 Å². The van der Waals surface area contributed by atoms with Crippen molar-refractivity contribution in [3.63, 3.8) is 0 Å². The molecule has 1 aromatic heterocycles. The van der Waals surface area contributed by atoms with Gasteiger partial charge >= 0.3 is 0 Å². The summed E-state index contributed by atoms with van der Waals surface area (Å²) < 4.78 is 3.15. The highest BCUT2D eigenvalue weighted by Crippen LogP contribution is 2.25. The van der Waals surface area contributed by atoms with E-state index < -0.39 is 0 Å². The molecule has 5 nitrogen and oxygen atoms in total. The van der Waals surface area contributed by atoms with Crippen molar-refractivity contribution in [1.29, 1.82) is 0 Å². The second-order valence-electron chi connectivity index (χ2n) is 6.59. The van der Waals surface area contributed by atoms with Gasteiger partial charge in [0.25, 0.3) is 5.91 Å². The lowest BCUT2D eigenvalue weighted by Crippen LogP contribution is -2.20. The third kappa shape index (κ3) is 5.17. The molecule has 30 heavy (non-hydrogen) atoms. The van der Waals surface area contributed by atoms with Gasteiger partial charge < -0.3 is 4.57 Å². The number of hydrogen-bond donors (Lipinski definition) is 1. The third-order valence-electron chi connectivity index (χ3n) is 4.41. The van der Waals surface area contributed by atoms with Gasteiger partial charge in [-0.25, -0.2) is 10.4 Å². The van der Waals surface area contributed by atoms with Crippen LogP contribution < -0.4 is 5.43 Å². The minimum atomic E-state index is -0.174. The van der Waals surface area contributed by atoms with Gasteiger partial charge in [-0.15, -0.1) is 0 Å².